The zero-order valence-electron chi connectivity index (χ0n) is 21.6. The van der Waals surface area contributed by atoms with E-state index in [1.807, 2.05) is 85.1 Å². The van der Waals surface area contributed by atoms with Crippen molar-refractivity contribution in [2.75, 3.05) is 5.01 Å². The number of aromatic nitrogens is 4. The number of fused-ring (bicyclic) bond motifs is 1. The minimum absolute atomic E-state index is 0.0929. The van der Waals surface area contributed by atoms with E-state index in [1.54, 1.807) is 47.3 Å². The van der Waals surface area contributed by atoms with Crippen LogP contribution in [0.2, 0.25) is 0 Å². The lowest BCUT2D eigenvalue weighted by Crippen LogP contribution is -2.32. The van der Waals surface area contributed by atoms with Crippen LogP contribution in [-0.2, 0) is 4.79 Å². The molecule has 0 saturated heterocycles. The van der Waals surface area contributed by atoms with Crippen molar-refractivity contribution in [1.29, 1.82) is 0 Å². The predicted octanol–water partition coefficient (Wildman–Crippen LogP) is 5.63. The summed E-state index contributed by atoms with van der Waals surface area (Å²) in [6.07, 6.45) is 3.43. The number of hydrogen-bond donors (Lipinski definition) is 0. The molecule has 8 heteroatoms. The van der Waals surface area contributed by atoms with Gasteiger partial charge in [-0.25, -0.2) is 14.2 Å². The first-order chi connectivity index (χ1) is 19.6. The zero-order chi connectivity index (χ0) is 27.5. The van der Waals surface area contributed by atoms with Crippen molar-refractivity contribution >= 4 is 29.0 Å². The van der Waals surface area contributed by atoms with Crippen LogP contribution in [0.3, 0.4) is 0 Å². The molecule has 0 unspecified atom stereocenters. The second-order valence-electron chi connectivity index (χ2n) is 9.06. The number of rotatable bonds is 6. The molecule has 40 heavy (non-hydrogen) atoms. The molecule has 8 nitrogen and oxygen atoms in total. The van der Waals surface area contributed by atoms with Crippen molar-refractivity contribution in [3.05, 3.63) is 137 Å². The number of carbonyl (C=O) groups is 1. The monoisotopic (exact) mass is 524 g/mol. The number of hydrazone groups is 1. The number of nitrogens with zero attached hydrogens (tertiary/aromatic N) is 6. The summed E-state index contributed by atoms with van der Waals surface area (Å²) in [5.74, 6) is -0.310. The Hall–Kier alpha value is -5.63. The molecular weight excluding hydrogens is 500 g/mol. The average Bonchev–Trinajstić information content (AvgIpc) is 3.43. The highest BCUT2D eigenvalue weighted by atomic mass is 16.2. The number of carbonyl (C=O) groups excluding carboxylic acids is 1. The summed E-state index contributed by atoms with van der Waals surface area (Å²) in [6.45, 7) is 1.39. The summed E-state index contributed by atoms with van der Waals surface area (Å²) >= 11 is 0. The number of para-hydroxylation sites is 3. The highest BCUT2D eigenvalue weighted by molar-refractivity contribution is 5.95. The SMILES string of the molecule is CC(=O)N(/N=C/c1cn(-c2ccccc2)nc1-c1ccccc1)c1nc2ccccc2c(=O)n1-c1ccccc1. The summed E-state index contributed by atoms with van der Waals surface area (Å²) < 4.78 is 3.18. The van der Waals surface area contributed by atoms with E-state index in [0.717, 1.165) is 16.3 Å². The Bertz CT molecular complexity index is 1900. The number of anilines is 1. The molecule has 6 rings (SSSR count). The third-order valence-corrected chi connectivity index (χ3v) is 6.38. The maximum absolute atomic E-state index is 13.7. The minimum atomic E-state index is -0.403. The molecule has 0 atom stereocenters. The fraction of sp³-hybridized carbons (Fsp3) is 0.0312. The van der Waals surface area contributed by atoms with E-state index in [0.29, 0.717) is 27.8 Å². The van der Waals surface area contributed by atoms with Gasteiger partial charge in [-0.05, 0) is 36.4 Å². The van der Waals surface area contributed by atoms with Crippen molar-refractivity contribution in [3.63, 3.8) is 0 Å². The van der Waals surface area contributed by atoms with Crippen molar-refractivity contribution in [2.24, 2.45) is 5.10 Å². The molecule has 0 spiro atoms. The van der Waals surface area contributed by atoms with Crippen LogP contribution in [0.1, 0.15) is 12.5 Å². The van der Waals surface area contributed by atoms with Gasteiger partial charge in [0, 0.05) is 24.2 Å². The van der Waals surface area contributed by atoms with Gasteiger partial charge in [-0.1, -0.05) is 78.9 Å². The number of hydrogen-bond acceptors (Lipinski definition) is 5. The first-order valence-corrected chi connectivity index (χ1v) is 12.7. The molecule has 4 aromatic carbocycles. The Balaban J connectivity index is 1.52. The highest BCUT2D eigenvalue weighted by Crippen LogP contribution is 2.24. The van der Waals surface area contributed by atoms with Gasteiger partial charge in [-0.3, -0.25) is 9.59 Å². The molecule has 2 heterocycles. The Kier molecular flexibility index (Phi) is 6.56. The lowest BCUT2D eigenvalue weighted by Gasteiger charge is -2.19. The largest absolute Gasteiger partial charge is 0.273 e. The normalized spacial score (nSPS) is 11.2. The molecule has 0 saturated carbocycles. The predicted molar refractivity (Wildman–Crippen MR) is 157 cm³/mol. The molecular formula is C32H24N6O2. The molecule has 0 aliphatic carbocycles. The van der Waals surface area contributed by atoms with Crippen molar-refractivity contribution < 1.29 is 4.79 Å². The fourth-order valence-electron chi connectivity index (χ4n) is 4.48. The molecule has 0 fully saturated rings. The van der Waals surface area contributed by atoms with Crippen LogP contribution >= 0.6 is 0 Å². The first-order valence-electron chi connectivity index (χ1n) is 12.7. The second-order valence-corrected chi connectivity index (χ2v) is 9.06. The van der Waals surface area contributed by atoms with Crippen LogP contribution in [0, 0.1) is 0 Å². The molecule has 2 aromatic heterocycles. The summed E-state index contributed by atoms with van der Waals surface area (Å²) in [4.78, 5) is 31.4. The van der Waals surface area contributed by atoms with Crippen molar-refractivity contribution in [1.82, 2.24) is 19.3 Å². The summed E-state index contributed by atoms with van der Waals surface area (Å²) in [5.41, 5.74) is 3.92. The molecule has 0 radical (unpaired) electrons. The van der Waals surface area contributed by atoms with Crippen LogP contribution in [-0.4, -0.2) is 31.5 Å². The average molecular weight is 525 g/mol. The Labute approximate surface area is 230 Å². The van der Waals surface area contributed by atoms with Gasteiger partial charge in [0.25, 0.3) is 5.56 Å². The zero-order valence-corrected chi connectivity index (χ0v) is 21.6. The topological polar surface area (TPSA) is 85.4 Å². The van der Waals surface area contributed by atoms with Crippen LogP contribution in [0.15, 0.2) is 131 Å². The van der Waals surface area contributed by atoms with E-state index in [-0.39, 0.29) is 11.5 Å². The molecule has 6 aromatic rings. The standard InChI is InChI=1S/C32H24N6O2/c1-23(39)38(32-34-29-20-12-11-19-28(29)31(40)37(32)27-17-9-4-10-18-27)33-21-25-22-36(26-15-7-3-8-16-26)35-30(25)24-13-5-2-6-14-24/h2-22H,1H3/b33-21+. The number of benzene rings is 4. The van der Waals surface area contributed by atoms with Gasteiger partial charge in [-0.2, -0.15) is 15.2 Å². The lowest BCUT2D eigenvalue weighted by molar-refractivity contribution is -0.116. The van der Waals surface area contributed by atoms with Crippen LogP contribution in [0.5, 0.6) is 0 Å². The smallest absolute Gasteiger partial charge is 0.267 e. The van der Waals surface area contributed by atoms with Gasteiger partial charge in [-0.15, -0.1) is 0 Å². The van der Waals surface area contributed by atoms with Gasteiger partial charge in [0.1, 0.15) is 5.69 Å². The van der Waals surface area contributed by atoms with Gasteiger partial charge in [0.05, 0.1) is 28.5 Å². The van der Waals surface area contributed by atoms with Crippen LogP contribution in [0.25, 0.3) is 33.5 Å². The Morgan fingerprint density at radius 3 is 2.08 bits per heavy atom. The lowest BCUT2D eigenvalue weighted by atomic mass is 10.1. The summed E-state index contributed by atoms with van der Waals surface area (Å²) in [5, 5.41) is 11.0. The quantitative estimate of drug-likeness (QED) is 0.209. The second kappa shape index (κ2) is 10.6. The van der Waals surface area contributed by atoms with Crippen LogP contribution < -0.4 is 10.6 Å². The van der Waals surface area contributed by atoms with Crippen LogP contribution in [0.4, 0.5) is 5.95 Å². The van der Waals surface area contributed by atoms with Crippen molar-refractivity contribution in [3.8, 4) is 22.6 Å². The first kappa shape index (κ1) is 24.7. The van der Waals surface area contributed by atoms with E-state index in [4.69, 9.17) is 10.1 Å². The van der Waals surface area contributed by atoms with Gasteiger partial charge in [0.15, 0.2) is 0 Å². The molecule has 0 bridgehead atoms. The molecule has 1 amide bonds. The maximum Gasteiger partial charge on any atom is 0.267 e. The van der Waals surface area contributed by atoms with Gasteiger partial charge >= 0.3 is 0 Å². The van der Waals surface area contributed by atoms with E-state index < -0.39 is 5.91 Å². The number of amides is 1. The molecule has 0 N–H and O–H groups in total. The third-order valence-electron chi connectivity index (χ3n) is 6.38. The van der Waals surface area contributed by atoms with Gasteiger partial charge < -0.3 is 0 Å². The Morgan fingerprint density at radius 1 is 0.800 bits per heavy atom. The van der Waals surface area contributed by atoms with E-state index in [1.165, 1.54) is 11.5 Å². The molecule has 0 aliphatic rings. The third kappa shape index (κ3) is 4.69. The van der Waals surface area contributed by atoms with Gasteiger partial charge in [0.2, 0.25) is 11.9 Å². The Morgan fingerprint density at radius 2 is 1.40 bits per heavy atom. The fourth-order valence-corrected chi connectivity index (χ4v) is 4.48. The van der Waals surface area contributed by atoms with E-state index >= 15 is 0 Å². The summed E-state index contributed by atoms with van der Waals surface area (Å²) in [6, 6.07) is 35.7. The molecule has 0 aliphatic heterocycles. The molecule has 194 valence electrons. The maximum atomic E-state index is 13.7. The highest BCUT2D eigenvalue weighted by Gasteiger charge is 2.21. The van der Waals surface area contributed by atoms with E-state index in [2.05, 4.69) is 5.10 Å². The van der Waals surface area contributed by atoms with Crippen molar-refractivity contribution in [2.45, 2.75) is 6.92 Å². The van der Waals surface area contributed by atoms with E-state index in [9.17, 15) is 9.59 Å². The minimum Gasteiger partial charge on any atom is -0.273 e. The summed E-state index contributed by atoms with van der Waals surface area (Å²) in [7, 11) is 0.